The van der Waals surface area contributed by atoms with E-state index in [2.05, 4.69) is 21.0 Å². The number of hydrogen-bond acceptors (Lipinski definition) is 3. The third-order valence-electron chi connectivity index (χ3n) is 3.29. The molecule has 1 unspecified atom stereocenters. The second kappa shape index (κ2) is 6.58. The molecule has 1 aromatic heterocycles. The van der Waals surface area contributed by atoms with E-state index in [0.717, 1.165) is 22.3 Å². The Kier molecular flexibility index (Phi) is 5.00. The fraction of sp³-hybridized carbons (Fsp3) is 0.400. The smallest absolute Gasteiger partial charge is 0.131 e. The van der Waals surface area contributed by atoms with Crippen LogP contribution in [-0.4, -0.2) is 14.9 Å². The van der Waals surface area contributed by atoms with E-state index in [4.69, 9.17) is 4.74 Å². The minimum absolute atomic E-state index is 0.287. The second-order valence-corrected chi connectivity index (χ2v) is 5.62. The topological polar surface area (TPSA) is 47.3 Å². The zero-order valence-corrected chi connectivity index (χ0v) is 13.8. The predicted octanol–water partition coefficient (Wildman–Crippen LogP) is 3.52. The monoisotopic (exact) mass is 356 g/mol. The zero-order chi connectivity index (χ0) is 15.6. The van der Waals surface area contributed by atoms with E-state index in [1.165, 1.54) is 18.2 Å². The minimum atomic E-state index is -0.795. The fourth-order valence-corrected chi connectivity index (χ4v) is 2.83. The normalized spacial score (nSPS) is 12.5. The van der Waals surface area contributed by atoms with E-state index in [1.54, 1.807) is 11.6 Å². The molecule has 0 radical (unpaired) electrons. The minimum Gasteiger partial charge on any atom is -0.487 e. The molecule has 0 aliphatic heterocycles. The highest BCUT2D eigenvalue weighted by Crippen LogP contribution is 2.28. The van der Waals surface area contributed by atoms with E-state index >= 15 is 0 Å². The lowest BCUT2D eigenvalue weighted by Gasteiger charge is -2.14. The van der Waals surface area contributed by atoms with Crippen molar-refractivity contribution in [2.75, 3.05) is 0 Å². The second-order valence-electron chi connectivity index (χ2n) is 4.83. The van der Waals surface area contributed by atoms with E-state index < -0.39 is 11.9 Å². The van der Waals surface area contributed by atoms with Crippen LogP contribution in [0.1, 0.15) is 36.9 Å². The molecule has 0 amide bonds. The van der Waals surface area contributed by atoms with Gasteiger partial charge in [0.05, 0.1) is 22.0 Å². The molecule has 21 heavy (non-hydrogen) atoms. The lowest BCUT2D eigenvalue weighted by Crippen LogP contribution is -2.06. The van der Waals surface area contributed by atoms with Crippen molar-refractivity contribution in [3.8, 4) is 5.75 Å². The van der Waals surface area contributed by atoms with Gasteiger partial charge in [-0.3, -0.25) is 4.68 Å². The largest absolute Gasteiger partial charge is 0.487 e. The number of aryl methyl sites for hydroxylation is 2. The van der Waals surface area contributed by atoms with Crippen molar-refractivity contribution in [2.24, 2.45) is 7.05 Å². The summed E-state index contributed by atoms with van der Waals surface area (Å²) in [4.78, 5) is 0. The molecule has 6 heteroatoms. The molecule has 0 aliphatic rings. The maximum atomic E-state index is 13.3. The van der Waals surface area contributed by atoms with Gasteiger partial charge in [-0.15, -0.1) is 0 Å². The van der Waals surface area contributed by atoms with Crippen molar-refractivity contribution in [1.82, 2.24) is 9.78 Å². The van der Waals surface area contributed by atoms with Gasteiger partial charge in [-0.1, -0.05) is 6.92 Å². The van der Waals surface area contributed by atoms with Gasteiger partial charge in [-0.2, -0.15) is 5.10 Å². The zero-order valence-electron chi connectivity index (χ0n) is 12.2. The number of ether oxygens (including phenoxy) is 1. The van der Waals surface area contributed by atoms with Crippen LogP contribution in [0.2, 0.25) is 0 Å². The van der Waals surface area contributed by atoms with Gasteiger partial charge in [0.25, 0.3) is 0 Å². The summed E-state index contributed by atoms with van der Waals surface area (Å²) in [6, 6.07) is 4.13. The Hall–Kier alpha value is -1.40. The summed E-state index contributed by atoms with van der Waals surface area (Å²) in [6.07, 6.45) is 0.0288. The van der Waals surface area contributed by atoms with Crippen LogP contribution >= 0.6 is 15.9 Å². The summed E-state index contributed by atoms with van der Waals surface area (Å²) in [7, 11) is 1.85. The number of aromatic nitrogens is 2. The number of benzene rings is 1. The first-order valence-corrected chi connectivity index (χ1v) is 7.53. The Labute approximate surface area is 131 Å². The number of aliphatic hydroxyl groups excluding tert-OH is 1. The summed E-state index contributed by atoms with van der Waals surface area (Å²) in [5.74, 6) is 0.0748. The molecule has 1 heterocycles. The number of halogens is 2. The number of rotatable bonds is 5. The van der Waals surface area contributed by atoms with Gasteiger partial charge >= 0.3 is 0 Å². The first-order chi connectivity index (χ1) is 9.93. The van der Waals surface area contributed by atoms with Gasteiger partial charge in [0.15, 0.2) is 0 Å². The van der Waals surface area contributed by atoms with Crippen LogP contribution in [0, 0.1) is 5.82 Å². The van der Waals surface area contributed by atoms with E-state index in [-0.39, 0.29) is 6.61 Å². The lowest BCUT2D eigenvalue weighted by atomic mass is 10.1. The molecule has 0 saturated carbocycles. The Morgan fingerprint density at radius 1 is 1.48 bits per heavy atom. The molecule has 0 fully saturated rings. The van der Waals surface area contributed by atoms with E-state index in [9.17, 15) is 9.50 Å². The molecule has 114 valence electrons. The molecule has 2 aromatic rings. The van der Waals surface area contributed by atoms with Crippen LogP contribution in [0.3, 0.4) is 0 Å². The Morgan fingerprint density at radius 2 is 2.19 bits per heavy atom. The molecular weight excluding hydrogens is 339 g/mol. The van der Waals surface area contributed by atoms with Crippen LogP contribution in [0.4, 0.5) is 4.39 Å². The third-order valence-corrected chi connectivity index (χ3v) is 4.20. The molecule has 1 N–H and O–H groups in total. The van der Waals surface area contributed by atoms with Gasteiger partial charge in [0, 0.05) is 12.6 Å². The molecule has 0 bridgehead atoms. The molecular formula is C15H18BrFN2O2. The molecule has 1 atom stereocenters. The average Bonchev–Trinajstić information content (AvgIpc) is 2.72. The van der Waals surface area contributed by atoms with Crippen LogP contribution in [-0.2, 0) is 20.1 Å². The molecule has 0 saturated heterocycles. The van der Waals surface area contributed by atoms with Gasteiger partial charge in [0.1, 0.15) is 18.2 Å². The summed E-state index contributed by atoms with van der Waals surface area (Å²) >= 11 is 3.52. The predicted molar refractivity (Wildman–Crippen MR) is 81.7 cm³/mol. The summed E-state index contributed by atoms with van der Waals surface area (Å²) in [5, 5.41) is 14.1. The van der Waals surface area contributed by atoms with E-state index in [1.807, 2.05) is 14.0 Å². The van der Waals surface area contributed by atoms with Gasteiger partial charge < -0.3 is 9.84 Å². The van der Waals surface area contributed by atoms with Crippen LogP contribution in [0.15, 0.2) is 22.7 Å². The highest BCUT2D eigenvalue weighted by atomic mass is 79.9. The van der Waals surface area contributed by atoms with Crippen molar-refractivity contribution >= 4 is 15.9 Å². The van der Waals surface area contributed by atoms with Gasteiger partial charge in [-0.25, -0.2) is 4.39 Å². The maximum Gasteiger partial charge on any atom is 0.131 e. The van der Waals surface area contributed by atoms with Crippen molar-refractivity contribution in [3.05, 3.63) is 45.4 Å². The molecule has 0 aliphatic carbocycles. The van der Waals surface area contributed by atoms with Crippen LogP contribution in [0.25, 0.3) is 0 Å². The third kappa shape index (κ3) is 3.44. The quantitative estimate of drug-likeness (QED) is 0.891. The Morgan fingerprint density at radius 3 is 2.76 bits per heavy atom. The number of hydrogen-bond donors (Lipinski definition) is 1. The Balaban J connectivity index is 2.23. The number of aliphatic hydroxyl groups is 1. The van der Waals surface area contributed by atoms with Crippen molar-refractivity contribution in [1.29, 1.82) is 0 Å². The maximum absolute atomic E-state index is 13.3. The van der Waals surface area contributed by atoms with Gasteiger partial charge in [0.2, 0.25) is 0 Å². The van der Waals surface area contributed by atoms with Crippen LogP contribution < -0.4 is 4.74 Å². The highest BCUT2D eigenvalue weighted by Gasteiger charge is 2.15. The lowest BCUT2D eigenvalue weighted by molar-refractivity contribution is 0.189. The number of nitrogens with zero attached hydrogens (tertiary/aromatic N) is 2. The Bertz CT molecular complexity index is 641. The standard InChI is InChI=1S/C15H18BrFN2O2/c1-4-12-15(16)13(19(3)18-12)8-21-14-6-5-10(17)7-11(14)9(2)20/h5-7,9,20H,4,8H2,1-3H3. The highest BCUT2D eigenvalue weighted by molar-refractivity contribution is 9.10. The van der Waals surface area contributed by atoms with Gasteiger partial charge in [-0.05, 0) is 47.5 Å². The first kappa shape index (κ1) is 16.0. The van der Waals surface area contributed by atoms with Crippen molar-refractivity contribution < 1.29 is 14.2 Å². The molecule has 4 nitrogen and oxygen atoms in total. The average molecular weight is 357 g/mol. The SMILES string of the molecule is CCc1nn(C)c(COc2ccc(F)cc2C(C)O)c1Br. The van der Waals surface area contributed by atoms with Crippen LogP contribution in [0.5, 0.6) is 5.75 Å². The molecule has 0 spiro atoms. The fourth-order valence-electron chi connectivity index (χ4n) is 2.10. The summed E-state index contributed by atoms with van der Waals surface area (Å²) in [6.45, 7) is 3.90. The van der Waals surface area contributed by atoms with Crippen molar-refractivity contribution in [2.45, 2.75) is 33.0 Å². The molecule has 2 rings (SSSR count). The molecule has 1 aromatic carbocycles. The first-order valence-electron chi connectivity index (χ1n) is 6.74. The summed E-state index contributed by atoms with van der Waals surface area (Å²) in [5.41, 5.74) is 2.29. The van der Waals surface area contributed by atoms with Crippen molar-refractivity contribution in [3.63, 3.8) is 0 Å². The van der Waals surface area contributed by atoms with E-state index in [0.29, 0.717) is 11.3 Å². The summed E-state index contributed by atoms with van der Waals surface area (Å²) < 4.78 is 21.7.